The van der Waals surface area contributed by atoms with Gasteiger partial charge in [-0.25, -0.2) is 4.39 Å². The lowest BCUT2D eigenvalue weighted by Gasteiger charge is -1.99. The van der Waals surface area contributed by atoms with Crippen LogP contribution < -0.4 is 5.32 Å². The van der Waals surface area contributed by atoms with Crippen molar-refractivity contribution in [3.05, 3.63) is 29.6 Å². The summed E-state index contributed by atoms with van der Waals surface area (Å²) in [5.41, 5.74) is 0.427. The molecule has 1 aromatic carbocycles. The van der Waals surface area contributed by atoms with Gasteiger partial charge in [-0.05, 0) is 18.2 Å². The minimum atomic E-state index is -0.497. The van der Waals surface area contributed by atoms with E-state index in [0.29, 0.717) is 12.1 Å². The van der Waals surface area contributed by atoms with Crippen molar-refractivity contribution in [2.75, 3.05) is 5.32 Å². The highest BCUT2D eigenvalue weighted by atomic mass is 19.1. The number of carbonyl (C=O) groups excluding carboxylic acids is 1. The Morgan fingerprint density at radius 1 is 1.58 bits per heavy atom. The Morgan fingerprint density at radius 3 is 2.92 bits per heavy atom. The van der Waals surface area contributed by atoms with Gasteiger partial charge in [0.05, 0.1) is 11.3 Å². The number of nitrogens with zero attached hydrogens (tertiary/aromatic N) is 1. The average Bonchev–Trinajstić information content (AvgIpc) is 2.08. The molecular weight excluding hydrogens is 159 g/mol. The van der Waals surface area contributed by atoms with E-state index in [1.807, 2.05) is 0 Å². The van der Waals surface area contributed by atoms with Crippen molar-refractivity contribution >= 4 is 12.1 Å². The molecule has 0 aliphatic rings. The fourth-order valence-corrected chi connectivity index (χ4v) is 0.798. The average molecular weight is 164 g/mol. The van der Waals surface area contributed by atoms with E-state index in [4.69, 9.17) is 5.26 Å². The second-order valence-corrected chi connectivity index (χ2v) is 2.06. The molecule has 0 aliphatic carbocycles. The normalized spacial score (nSPS) is 8.67. The summed E-state index contributed by atoms with van der Waals surface area (Å²) in [6.07, 6.45) is 0.439. The summed E-state index contributed by atoms with van der Waals surface area (Å²) in [6.45, 7) is 0. The highest BCUT2D eigenvalue weighted by Gasteiger charge is 2.01. The number of carbonyl (C=O) groups is 1. The number of nitriles is 1. The molecule has 0 fully saturated rings. The number of benzene rings is 1. The van der Waals surface area contributed by atoms with Crippen LogP contribution in [0.3, 0.4) is 0 Å². The van der Waals surface area contributed by atoms with Crippen molar-refractivity contribution in [1.29, 1.82) is 5.26 Å². The Morgan fingerprint density at radius 2 is 2.33 bits per heavy atom. The van der Waals surface area contributed by atoms with E-state index in [1.54, 1.807) is 6.07 Å². The van der Waals surface area contributed by atoms with Gasteiger partial charge in [0, 0.05) is 0 Å². The van der Waals surface area contributed by atoms with Crippen LogP contribution >= 0.6 is 0 Å². The lowest BCUT2D eigenvalue weighted by Crippen LogP contribution is -1.96. The third-order valence-electron chi connectivity index (χ3n) is 1.32. The Kier molecular flexibility index (Phi) is 2.38. The molecule has 1 rings (SSSR count). The first kappa shape index (κ1) is 8.21. The van der Waals surface area contributed by atoms with Crippen LogP contribution in [-0.2, 0) is 4.79 Å². The maximum Gasteiger partial charge on any atom is 0.211 e. The van der Waals surface area contributed by atoms with Crippen LogP contribution in [0.4, 0.5) is 10.1 Å². The molecule has 4 heteroatoms. The molecule has 0 atom stereocenters. The van der Waals surface area contributed by atoms with E-state index in [2.05, 4.69) is 5.32 Å². The molecule has 0 radical (unpaired) electrons. The Balaban J connectivity index is 3.12. The van der Waals surface area contributed by atoms with E-state index in [0.717, 1.165) is 6.07 Å². The summed E-state index contributed by atoms with van der Waals surface area (Å²) < 4.78 is 12.5. The van der Waals surface area contributed by atoms with Gasteiger partial charge in [-0.1, -0.05) is 0 Å². The first-order valence-corrected chi connectivity index (χ1v) is 3.18. The van der Waals surface area contributed by atoms with Gasteiger partial charge < -0.3 is 5.32 Å². The van der Waals surface area contributed by atoms with Crippen LogP contribution in [0.25, 0.3) is 0 Å². The molecular formula is C8H5FN2O. The number of amides is 1. The first-order valence-electron chi connectivity index (χ1n) is 3.18. The standard InChI is InChI=1S/C8H5FN2O/c9-7-1-2-8(11-5-12)6(3-7)4-10/h1-3,5H,(H,11,12). The summed E-state index contributed by atoms with van der Waals surface area (Å²) in [6, 6.07) is 5.33. The molecule has 0 heterocycles. The van der Waals surface area contributed by atoms with E-state index >= 15 is 0 Å². The third-order valence-corrected chi connectivity index (χ3v) is 1.32. The number of rotatable bonds is 2. The van der Waals surface area contributed by atoms with E-state index in [1.165, 1.54) is 12.1 Å². The van der Waals surface area contributed by atoms with Crippen LogP contribution in [0, 0.1) is 17.1 Å². The van der Waals surface area contributed by atoms with Gasteiger partial charge in [-0.15, -0.1) is 0 Å². The fraction of sp³-hybridized carbons (Fsp3) is 0. The Bertz CT molecular complexity index is 343. The molecule has 0 unspecified atom stereocenters. The second-order valence-electron chi connectivity index (χ2n) is 2.06. The van der Waals surface area contributed by atoms with Crippen molar-refractivity contribution in [1.82, 2.24) is 0 Å². The largest absolute Gasteiger partial charge is 0.328 e. The lowest BCUT2D eigenvalue weighted by molar-refractivity contribution is -0.105. The lowest BCUT2D eigenvalue weighted by atomic mass is 10.2. The summed E-state index contributed by atoms with van der Waals surface area (Å²) >= 11 is 0. The molecule has 0 bridgehead atoms. The van der Waals surface area contributed by atoms with Crippen molar-refractivity contribution in [3.8, 4) is 6.07 Å². The highest BCUT2D eigenvalue weighted by Crippen LogP contribution is 2.14. The van der Waals surface area contributed by atoms with E-state index in [-0.39, 0.29) is 5.56 Å². The zero-order valence-corrected chi connectivity index (χ0v) is 6.04. The SMILES string of the molecule is N#Cc1cc(F)ccc1NC=O. The minimum absolute atomic E-state index is 0.113. The second kappa shape index (κ2) is 3.49. The van der Waals surface area contributed by atoms with Gasteiger partial charge >= 0.3 is 0 Å². The van der Waals surface area contributed by atoms with Gasteiger partial charge in [0.15, 0.2) is 0 Å². The van der Waals surface area contributed by atoms with Crippen LogP contribution in [0.1, 0.15) is 5.56 Å². The minimum Gasteiger partial charge on any atom is -0.328 e. The number of hydrogen-bond acceptors (Lipinski definition) is 2. The molecule has 1 aromatic rings. The maximum atomic E-state index is 12.5. The molecule has 60 valence electrons. The number of halogens is 1. The smallest absolute Gasteiger partial charge is 0.211 e. The van der Waals surface area contributed by atoms with Gasteiger partial charge in [0.2, 0.25) is 6.41 Å². The van der Waals surface area contributed by atoms with Crippen LogP contribution in [0.2, 0.25) is 0 Å². The number of nitrogens with one attached hydrogen (secondary N) is 1. The van der Waals surface area contributed by atoms with Crippen molar-refractivity contribution in [2.24, 2.45) is 0 Å². The van der Waals surface area contributed by atoms with E-state index < -0.39 is 5.82 Å². The maximum absolute atomic E-state index is 12.5. The number of anilines is 1. The molecule has 0 spiro atoms. The van der Waals surface area contributed by atoms with Crippen molar-refractivity contribution in [2.45, 2.75) is 0 Å². The fourth-order valence-electron chi connectivity index (χ4n) is 0.798. The Labute approximate surface area is 68.4 Å². The van der Waals surface area contributed by atoms with Gasteiger partial charge in [0.1, 0.15) is 11.9 Å². The van der Waals surface area contributed by atoms with E-state index in [9.17, 15) is 9.18 Å². The third kappa shape index (κ3) is 1.58. The topological polar surface area (TPSA) is 52.9 Å². The summed E-state index contributed by atoms with van der Waals surface area (Å²) in [7, 11) is 0. The molecule has 3 nitrogen and oxygen atoms in total. The zero-order valence-electron chi connectivity index (χ0n) is 6.04. The molecule has 0 aliphatic heterocycles. The summed E-state index contributed by atoms with van der Waals surface area (Å²) in [4.78, 5) is 10.0. The predicted octanol–water partition coefficient (Wildman–Crippen LogP) is 1.27. The molecule has 1 amide bonds. The summed E-state index contributed by atoms with van der Waals surface area (Å²) in [5.74, 6) is -0.497. The van der Waals surface area contributed by atoms with Crippen LogP contribution in [0.15, 0.2) is 18.2 Å². The van der Waals surface area contributed by atoms with Gasteiger partial charge in [0.25, 0.3) is 0 Å². The molecule has 1 N–H and O–H groups in total. The van der Waals surface area contributed by atoms with Crippen molar-refractivity contribution < 1.29 is 9.18 Å². The monoisotopic (exact) mass is 164 g/mol. The van der Waals surface area contributed by atoms with Gasteiger partial charge in [-0.2, -0.15) is 5.26 Å². The van der Waals surface area contributed by atoms with Crippen LogP contribution in [0.5, 0.6) is 0 Å². The highest BCUT2D eigenvalue weighted by molar-refractivity contribution is 5.75. The first-order chi connectivity index (χ1) is 5.77. The molecule has 0 aromatic heterocycles. The summed E-state index contributed by atoms with van der Waals surface area (Å²) in [5, 5.41) is 10.8. The number of hydrogen-bond donors (Lipinski definition) is 1. The molecule has 0 saturated carbocycles. The zero-order chi connectivity index (χ0) is 8.97. The van der Waals surface area contributed by atoms with Gasteiger partial charge in [-0.3, -0.25) is 4.79 Å². The quantitative estimate of drug-likeness (QED) is 0.669. The predicted molar refractivity (Wildman–Crippen MR) is 40.8 cm³/mol. The molecule has 12 heavy (non-hydrogen) atoms. The van der Waals surface area contributed by atoms with Crippen molar-refractivity contribution in [3.63, 3.8) is 0 Å². The molecule has 0 saturated heterocycles. The van der Waals surface area contributed by atoms with Crippen LogP contribution in [-0.4, -0.2) is 6.41 Å². The Hall–Kier alpha value is -1.89.